The smallest absolute Gasteiger partial charge is 0.460 e. The molecule has 1 saturated heterocycles. The van der Waals surface area contributed by atoms with E-state index in [1.54, 1.807) is 11.3 Å². The molecule has 200 valence electrons. The quantitative estimate of drug-likeness (QED) is 0.324. The Morgan fingerprint density at radius 1 is 1.25 bits per heavy atom. The van der Waals surface area contributed by atoms with Gasteiger partial charge in [-0.1, -0.05) is 39.7 Å². The molecular formula is C28H44BNO5S. The second-order valence-corrected chi connectivity index (χ2v) is 14.1. The number of esters is 1. The fourth-order valence-corrected chi connectivity index (χ4v) is 7.34. The molecule has 0 radical (unpaired) electrons. The Kier molecular flexibility index (Phi) is 8.00. The molecule has 0 spiro atoms. The normalized spacial score (nSPS) is 30.2. The van der Waals surface area contributed by atoms with Gasteiger partial charge in [-0.25, -0.2) is 0 Å². The van der Waals surface area contributed by atoms with Gasteiger partial charge in [-0.2, -0.15) is 0 Å². The molecule has 0 aromatic carbocycles. The average molecular weight is 518 g/mol. The SMILES string of the molecule is CC(CCC[C@@H](NC(=O)Cc1cccs1)B1O[C@@H]2C[C@@H]3C[C@@H](C3(C)C)[C@]2(C)O1)CC(=O)OC(C)(C)C. The number of carbonyl (C=O) groups is 2. The summed E-state index contributed by atoms with van der Waals surface area (Å²) in [5.41, 5.74) is -0.490. The summed E-state index contributed by atoms with van der Waals surface area (Å²) in [6.45, 7) is 14.7. The van der Waals surface area contributed by atoms with E-state index in [2.05, 4.69) is 33.0 Å². The van der Waals surface area contributed by atoms with Crippen molar-refractivity contribution in [3.63, 3.8) is 0 Å². The van der Waals surface area contributed by atoms with Gasteiger partial charge in [0.25, 0.3) is 0 Å². The Morgan fingerprint density at radius 3 is 2.64 bits per heavy atom. The minimum Gasteiger partial charge on any atom is -0.460 e. The van der Waals surface area contributed by atoms with Crippen molar-refractivity contribution >= 4 is 30.3 Å². The second kappa shape index (κ2) is 10.4. The van der Waals surface area contributed by atoms with Crippen molar-refractivity contribution in [1.82, 2.24) is 5.32 Å². The van der Waals surface area contributed by atoms with Crippen LogP contribution in [0.4, 0.5) is 0 Å². The lowest BCUT2D eigenvalue weighted by atomic mass is 9.43. The molecule has 6 nitrogen and oxygen atoms in total. The minimum absolute atomic E-state index is 0.00102. The van der Waals surface area contributed by atoms with Gasteiger partial charge in [-0.05, 0) is 81.6 Å². The highest BCUT2D eigenvalue weighted by Gasteiger charge is 2.68. The lowest BCUT2D eigenvalue weighted by Gasteiger charge is -2.64. The van der Waals surface area contributed by atoms with Crippen LogP contribution in [0.2, 0.25) is 0 Å². The van der Waals surface area contributed by atoms with Crippen molar-refractivity contribution in [2.24, 2.45) is 23.2 Å². The first kappa shape index (κ1) is 27.7. The number of thiophene rings is 1. The number of rotatable bonds is 10. The van der Waals surface area contributed by atoms with Crippen LogP contribution in [0.3, 0.4) is 0 Å². The van der Waals surface area contributed by atoms with Crippen LogP contribution in [0.25, 0.3) is 0 Å². The fourth-order valence-electron chi connectivity index (χ4n) is 6.63. The standard InChI is InChI=1S/C28H44BNO5S/c1-18(14-25(32)33-26(2,3)4)10-8-12-23(30-24(31)17-20-11-9-13-36-20)29-34-22-16-19-15-21(27(19,5)6)28(22,7)35-29/h9,11,13,18-19,21-23H,8,10,12,14-17H2,1-7H3,(H,30,31)/t18?,19-,21-,22+,23+,28-/m0/s1. The van der Waals surface area contributed by atoms with Crippen molar-refractivity contribution < 1.29 is 23.6 Å². The molecule has 36 heavy (non-hydrogen) atoms. The first-order valence-electron chi connectivity index (χ1n) is 13.6. The molecular weight excluding hydrogens is 473 g/mol. The van der Waals surface area contributed by atoms with E-state index in [9.17, 15) is 9.59 Å². The van der Waals surface area contributed by atoms with Gasteiger partial charge in [0, 0.05) is 11.3 Å². The van der Waals surface area contributed by atoms with E-state index < -0.39 is 12.7 Å². The number of carbonyl (C=O) groups excluding carboxylic acids is 2. The van der Waals surface area contributed by atoms with Crippen LogP contribution in [0.5, 0.6) is 0 Å². The van der Waals surface area contributed by atoms with Gasteiger partial charge in [-0.15, -0.1) is 11.3 Å². The van der Waals surface area contributed by atoms with E-state index in [4.69, 9.17) is 14.0 Å². The molecule has 4 fully saturated rings. The third-order valence-corrected chi connectivity index (χ3v) is 9.58. The van der Waals surface area contributed by atoms with Crippen LogP contribution in [0.15, 0.2) is 17.5 Å². The summed E-state index contributed by atoms with van der Waals surface area (Å²) in [7, 11) is -0.441. The lowest BCUT2D eigenvalue weighted by Crippen LogP contribution is -2.65. The van der Waals surface area contributed by atoms with Gasteiger partial charge in [0.05, 0.1) is 24.1 Å². The highest BCUT2D eigenvalue weighted by atomic mass is 32.1. The number of hydrogen-bond acceptors (Lipinski definition) is 6. The third kappa shape index (κ3) is 6.02. The maximum Gasteiger partial charge on any atom is 0.481 e. The Bertz CT molecular complexity index is 929. The molecule has 2 bridgehead atoms. The molecule has 1 aliphatic heterocycles. The zero-order chi connectivity index (χ0) is 26.3. The van der Waals surface area contributed by atoms with Crippen LogP contribution >= 0.6 is 11.3 Å². The molecule has 1 aromatic rings. The molecule has 5 rings (SSSR count). The zero-order valence-corrected chi connectivity index (χ0v) is 23.9. The van der Waals surface area contributed by atoms with Crippen molar-refractivity contribution in [2.45, 2.75) is 117 Å². The van der Waals surface area contributed by atoms with Crippen LogP contribution in [0, 0.1) is 23.2 Å². The van der Waals surface area contributed by atoms with Gasteiger partial charge < -0.3 is 19.4 Å². The molecule has 3 aliphatic carbocycles. The van der Waals surface area contributed by atoms with Crippen molar-refractivity contribution in [2.75, 3.05) is 0 Å². The molecule has 1 aromatic heterocycles. The Hall–Kier alpha value is -1.38. The molecule has 1 unspecified atom stereocenters. The number of ether oxygens (including phenoxy) is 1. The zero-order valence-electron chi connectivity index (χ0n) is 23.1. The molecule has 4 aliphatic rings. The summed E-state index contributed by atoms with van der Waals surface area (Å²) in [5.74, 6) is 1.01. The summed E-state index contributed by atoms with van der Waals surface area (Å²) < 4.78 is 18.7. The summed E-state index contributed by atoms with van der Waals surface area (Å²) in [4.78, 5) is 26.2. The highest BCUT2D eigenvalue weighted by Crippen LogP contribution is 2.65. The highest BCUT2D eigenvalue weighted by molar-refractivity contribution is 7.10. The van der Waals surface area contributed by atoms with E-state index in [1.807, 2.05) is 38.3 Å². The lowest BCUT2D eigenvalue weighted by molar-refractivity contribution is -0.199. The van der Waals surface area contributed by atoms with E-state index in [0.29, 0.717) is 24.7 Å². The predicted octanol–water partition coefficient (Wildman–Crippen LogP) is 5.58. The van der Waals surface area contributed by atoms with E-state index >= 15 is 0 Å². The summed E-state index contributed by atoms with van der Waals surface area (Å²) in [6.07, 6.45) is 5.59. The van der Waals surface area contributed by atoms with E-state index in [-0.39, 0.29) is 40.9 Å². The Labute approximate surface area is 221 Å². The largest absolute Gasteiger partial charge is 0.481 e. The van der Waals surface area contributed by atoms with Crippen molar-refractivity contribution in [3.05, 3.63) is 22.4 Å². The van der Waals surface area contributed by atoms with Crippen molar-refractivity contribution in [3.8, 4) is 0 Å². The number of nitrogens with one attached hydrogen (secondary N) is 1. The molecule has 2 heterocycles. The monoisotopic (exact) mass is 517 g/mol. The van der Waals surface area contributed by atoms with Gasteiger partial charge in [0.2, 0.25) is 5.91 Å². The fraction of sp³-hybridized carbons (Fsp3) is 0.786. The van der Waals surface area contributed by atoms with Crippen molar-refractivity contribution in [1.29, 1.82) is 0 Å². The Balaban J connectivity index is 1.37. The molecule has 3 saturated carbocycles. The van der Waals surface area contributed by atoms with E-state index in [0.717, 1.165) is 30.6 Å². The summed E-state index contributed by atoms with van der Waals surface area (Å²) in [5, 5.41) is 5.24. The maximum absolute atomic E-state index is 12.9. The first-order chi connectivity index (χ1) is 16.8. The van der Waals surface area contributed by atoms with Gasteiger partial charge in [0.15, 0.2) is 0 Å². The number of hydrogen-bond donors (Lipinski definition) is 1. The van der Waals surface area contributed by atoms with Crippen LogP contribution < -0.4 is 5.32 Å². The predicted molar refractivity (Wildman–Crippen MR) is 144 cm³/mol. The van der Waals surface area contributed by atoms with Crippen LogP contribution in [-0.2, 0) is 30.1 Å². The summed E-state index contributed by atoms with van der Waals surface area (Å²) >= 11 is 1.60. The Morgan fingerprint density at radius 2 is 2.00 bits per heavy atom. The summed E-state index contributed by atoms with van der Waals surface area (Å²) in [6, 6.07) is 3.96. The number of amides is 1. The van der Waals surface area contributed by atoms with Gasteiger partial charge >= 0.3 is 13.1 Å². The molecule has 6 atom stereocenters. The molecule has 1 amide bonds. The molecule has 8 heteroatoms. The molecule has 1 N–H and O–H groups in total. The van der Waals surface area contributed by atoms with Gasteiger partial charge in [-0.3, -0.25) is 9.59 Å². The van der Waals surface area contributed by atoms with Gasteiger partial charge in [0.1, 0.15) is 5.60 Å². The van der Waals surface area contributed by atoms with E-state index in [1.165, 1.54) is 6.42 Å². The first-order valence-corrected chi connectivity index (χ1v) is 14.5. The second-order valence-electron chi connectivity index (χ2n) is 13.1. The third-order valence-electron chi connectivity index (χ3n) is 8.71. The average Bonchev–Trinajstić information content (AvgIpc) is 3.37. The van der Waals surface area contributed by atoms with Crippen LogP contribution in [-0.4, -0.2) is 42.2 Å². The minimum atomic E-state index is -0.464. The maximum atomic E-state index is 12.9. The van der Waals surface area contributed by atoms with Crippen LogP contribution in [0.1, 0.15) is 91.9 Å². The topological polar surface area (TPSA) is 73.9 Å².